The van der Waals surface area contributed by atoms with E-state index in [-0.39, 0.29) is 29.3 Å². The van der Waals surface area contributed by atoms with Crippen LogP contribution in [-0.2, 0) is 9.53 Å². The number of esters is 1. The molecule has 3 nitrogen and oxygen atoms in total. The molecular weight excluding hydrogens is 228 g/mol. The molecule has 6 atom stereocenters. The van der Waals surface area contributed by atoms with Crippen LogP contribution in [0, 0.1) is 23.2 Å². The van der Waals surface area contributed by atoms with Gasteiger partial charge in [0.2, 0.25) is 0 Å². The molecule has 2 saturated carbocycles. The Morgan fingerprint density at radius 2 is 2.00 bits per heavy atom. The van der Waals surface area contributed by atoms with E-state index in [9.17, 15) is 9.90 Å². The third kappa shape index (κ3) is 1.56. The maximum atomic E-state index is 11.8. The molecule has 18 heavy (non-hydrogen) atoms. The minimum Gasteiger partial charge on any atom is -0.461 e. The van der Waals surface area contributed by atoms with Gasteiger partial charge in [0, 0.05) is 11.8 Å². The van der Waals surface area contributed by atoms with E-state index in [4.69, 9.17) is 4.74 Å². The Hall–Kier alpha value is -0.570. The fourth-order valence-electron chi connectivity index (χ4n) is 4.96. The average Bonchev–Trinajstić information content (AvgIpc) is 2.52. The molecular formula is C15H24O3. The second-order valence-corrected chi connectivity index (χ2v) is 7.24. The molecule has 0 unspecified atom stereocenters. The lowest BCUT2D eigenvalue weighted by molar-refractivity contribution is -0.181. The van der Waals surface area contributed by atoms with Crippen LogP contribution in [0.5, 0.6) is 0 Å². The summed E-state index contributed by atoms with van der Waals surface area (Å²) in [5, 5.41) is 10.8. The molecule has 1 aliphatic heterocycles. The Kier molecular flexibility index (Phi) is 2.58. The van der Waals surface area contributed by atoms with Gasteiger partial charge < -0.3 is 9.84 Å². The average molecular weight is 252 g/mol. The molecule has 1 saturated heterocycles. The summed E-state index contributed by atoms with van der Waals surface area (Å²) in [4.78, 5) is 11.8. The first-order chi connectivity index (χ1) is 8.35. The van der Waals surface area contributed by atoms with Crippen LogP contribution in [0.4, 0.5) is 0 Å². The Labute approximate surface area is 109 Å². The van der Waals surface area contributed by atoms with Gasteiger partial charge in [-0.2, -0.15) is 0 Å². The van der Waals surface area contributed by atoms with E-state index in [0.29, 0.717) is 5.92 Å². The number of carbonyl (C=O) groups excluding carboxylic acids is 1. The molecule has 0 bridgehead atoms. The number of ether oxygens (including phenoxy) is 1. The van der Waals surface area contributed by atoms with Crippen molar-refractivity contribution < 1.29 is 14.6 Å². The molecule has 102 valence electrons. The molecule has 0 radical (unpaired) electrons. The third-order valence-corrected chi connectivity index (χ3v) is 5.92. The fraction of sp³-hybridized carbons (Fsp3) is 0.933. The first-order valence-corrected chi connectivity index (χ1v) is 7.28. The zero-order valence-corrected chi connectivity index (χ0v) is 11.6. The molecule has 0 amide bonds. The largest absolute Gasteiger partial charge is 0.461 e. The van der Waals surface area contributed by atoms with Crippen LogP contribution in [0.15, 0.2) is 0 Å². The molecule has 3 aliphatic rings. The Morgan fingerprint density at radius 3 is 2.72 bits per heavy atom. The third-order valence-electron chi connectivity index (χ3n) is 5.92. The van der Waals surface area contributed by atoms with E-state index in [1.54, 1.807) is 0 Å². The van der Waals surface area contributed by atoms with E-state index >= 15 is 0 Å². The summed E-state index contributed by atoms with van der Waals surface area (Å²) in [5.74, 6) is 0.388. The highest BCUT2D eigenvalue weighted by Gasteiger charge is 2.60. The highest BCUT2D eigenvalue weighted by molar-refractivity contribution is 5.75. The minimum atomic E-state index is -0.680. The summed E-state index contributed by atoms with van der Waals surface area (Å²) < 4.78 is 5.65. The fourth-order valence-corrected chi connectivity index (χ4v) is 4.96. The lowest BCUT2D eigenvalue weighted by Crippen LogP contribution is -2.57. The monoisotopic (exact) mass is 252 g/mol. The van der Waals surface area contributed by atoms with Crippen molar-refractivity contribution in [2.45, 2.75) is 64.6 Å². The van der Waals surface area contributed by atoms with Crippen molar-refractivity contribution in [3.63, 3.8) is 0 Å². The van der Waals surface area contributed by atoms with Crippen molar-refractivity contribution in [3.8, 4) is 0 Å². The van der Waals surface area contributed by atoms with Crippen LogP contribution < -0.4 is 0 Å². The van der Waals surface area contributed by atoms with Crippen LogP contribution >= 0.6 is 0 Å². The molecule has 2 aliphatic carbocycles. The molecule has 3 heteroatoms. The summed E-state index contributed by atoms with van der Waals surface area (Å²) in [6.07, 6.45) is 5.21. The predicted molar refractivity (Wildman–Crippen MR) is 67.8 cm³/mol. The summed E-state index contributed by atoms with van der Waals surface area (Å²) in [7, 11) is 0. The molecule has 0 aromatic rings. The van der Waals surface area contributed by atoms with Gasteiger partial charge in [0.15, 0.2) is 0 Å². The van der Waals surface area contributed by atoms with Crippen LogP contribution in [0.2, 0.25) is 0 Å². The maximum absolute atomic E-state index is 11.8. The second-order valence-electron chi connectivity index (χ2n) is 7.24. The van der Waals surface area contributed by atoms with Gasteiger partial charge in [-0.15, -0.1) is 0 Å². The van der Waals surface area contributed by atoms with Crippen LogP contribution in [0.1, 0.15) is 52.9 Å². The first-order valence-electron chi connectivity index (χ1n) is 7.28. The molecule has 1 heterocycles. The van der Waals surface area contributed by atoms with E-state index in [0.717, 1.165) is 32.1 Å². The van der Waals surface area contributed by atoms with Crippen molar-refractivity contribution in [2.75, 3.05) is 0 Å². The summed E-state index contributed by atoms with van der Waals surface area (Å²) >= 11 is 0. The van der Waals surface area contributed by atoms with Crippen LogP contribution in [0.3, 0.4) is 0 Å². The smallest absolute Gasteiger partial charge is 0.309 e. The summed E-state index contributed by atoms with van der Waals surface area (Å²) in [5.41, 5.74) is -0.534. The molecule has 0 spiro atoms. The SMILES string of the molecule is C[C@@H]1C(=O)O[C@H]2[C@H]1CC[C@@]1(C)CCC[C@](C)(O)[C@H]21. The normalized spacial score (nSPS) is 55.7. The molecule has 0 aromatic heterocycles. The van der Waals surface area contributed by atoms with E-state index in [1.165, 1.54) is 0 Å². The quantitative estimate of drug-likeness (QED) is 0.674. The standard InChI is InChI=1S/C15H24O3/c1-9-10-5-8-14(2)6-4-7-15(3,17)12(14)11(10)18-13(9)16/h9-12,17H,4-8H2,1-3H3/t9-,10-,11-,12+,14+,15-/m0/s1. The van der Waals surface area contributed by atoms with Gasteiger partial charge in [-0.25, -0.2) is 0 Å². The number of rotatable bonds is 0. The highest BCUT2D eigenvalue weighted by Crippen LogP contribution is 2.58. The van der Waals surface area contributed by atoms with Gasteiger partial charge in [-0.05, 0) is 38.0 Å². The Bertz CT molecular complexity index is 376. The molecule has 3 rings (SSSR count). The zero-order chi connectivity index (χ0) is 13.1. The topological polar surface area (TPSA) is 46.5 Å². The predicted octanol–water partition coefficient (Wildman–Crippen LogP) is 2.52. The second kappa shape index (κ2) is 3.72. The number of aliphatic hydroxyl groups is 1. The zero-order valence-electron chi connectivity index (χ0n) is 11.6. The highest BCUT2D eigenvalue weighted by atomic mass is 16.6. The first kappa shape index (κ1) is 12.5. The van der Waals surface area contributed by atoms with Crippen molar-refractivity contribution in [2.24, 2.45) is 23.2 Å². The lowest BCUT2D eigenvalue weighted by Gasteiger charge is -2.55. The molecule has 1 N–H and O–H groups in total. The molecule has 3 fully saturated rings. The number of fused-ring (bicyclic) bond motifs is 3. The number of hydrogen-bond acceptors (Lipinski definition) is 3. The van der Waals surface area contributed by atoms with E-state index < -0.39 is 5.60 Å². The van der Waals surface area contributed by atoms with E-state index in [2.05, 4.69) is 6.92 Å². The van der Waals surface area contributed by atoms with Gasteiger partial charge in [-0.3, -0.25) is 4.79 Å². The van der Waals surface area contributed by atoms with Crippen LogP contribution in [-0.4, -0.2) is 22.8 Å². The maximum Gasteiger partial charge on any atom is 0.309 e. The van der Waals surface area contributed by atoms with Gasteiger partial charge in [0.05, 0.1) is 11.5 Å². The van der Waals surface area contributed by atoms with Gasteiger partial charge in [0.25, 0.3) is 0 Å². The molecule has 0 aromatic carbocycles. The Morgan fingerprint density at radius 1 is 1.28 bits per heavy atom. The number of carbonyl (C=O) groups is 1. The number of hydrogen-bond donors (Lipinski definition) is 1. The summed E-state index contributed by atoms with van der Waals surface area (Å²) in [6.45, 7) is 6.19. The van der Waals surface area contributed by atoms with Crippen molar-refractivity contribution in [3.05, 3.63) is 0 Å². The Balaban J connectivity index is 1.98. The van der Waals surface area contributed by atoms with Gasteiger partial charge >= 0.3 is 5.97 Å². The summed E-state index contributed by atoms with van der Waals surface area (Å²) in [6, 6.07) is 0. The van der Waals surface area contributed by atoms with Crippen molar-refractivity contribution in [1.29, 1.82) is 0 Å². The van der Waals surface area contributed by atoms with Crippen molar-refractivity contribution in [1.82, 2.24) is 0 Å². The van der Waals surface area contributed by atoms with E-state index in [1.807, 2.05) is 13.8 Å². The van der Waals surface area contributed by atoms with Crippen molar-refractivity contribution >= 4 is 5.97 Å². The minimum absolute atomic E-state index is 0.0114. The van der Waals surface area contributed by atoms with Gasteiger partial charge in [-0.1, -0.05) is 20.3 Å². The lowest BCUT2D eigenvalue weighted by atomic mass is 9.52. The van der Waals surface area contributed by atoms with Crippen LogP contribution in [0.25, 0.3) is 0 Å². The van der Waals surface area contributed by atoms with Gasteiger partial charge in [0.1, 0.15) is 6.10 Å².